The highest BCUT2D eigenvalue weighted by molar-refractivity contribution is 5.94. The zero-order valence-corrected chi connectivity index (χ0v) is 28.3. The Morgan fingerprint density at radius 3 is 2.30 bits per heavy atom. The van der Waals surface area contributed by atoms with Crippen LogP contribution < -0.4 is 41.0 Å². The summed E-state index contributed by atoms with van der Waals surface area (Å²) in [5.41, 5.74) is 13.1. The Hall–Kier alpha value is -6.71. The number of nitro benzene ring substituents is 1. The van der Waals surface area contributed by atoms with E-state index in [1.54, 1.807) is 6.07 Å². The molecular formula is C37H32F4N6O6. The Balaban J connectivity index is 1.08. The van der Waals surface area contributed by atoms with Gasteiger partial charge in [0.1, 0.15) is 46.0 Å². The van der Waals surface area contributed by atoms with Crippen molar-refractivity contribution in [2.75, 3.05) is 54.2 Å². The van der Waals surface area contributed by atoms with Crippen molar-refractivity contribution in [1.29, 1.82) is 0 Å². The smallest absolute Gasteiger partial charge is 0.347 e. The number of carbonyl (C=O) groups is 1. The number of hydrazine groups is 1. The van der Waals surface area contributed by atoms with Crippen molar-refractivity contribution < 1.29 is 41.5 Å². The van der Waals surface area contributed by atoms with Crippen LogP contribution in [-0.2, 0) is 6.42 Å². The number of nitrogens with two attached hydrogens (primary N) is 1. The molecule has 6 rings (SSSR count). The normalized spacial score (nSPS) is 12.1. The van der Waals surface area contributed by atoms with Gasteiger partial charge in [-0.3, -0.25) is 15.5 Å². The number of benzene rings is 5. The first-order chi connectivity index (χ1) is 25.4. The van der Waals surface area contributed by atoms with Crippen LogP contribution in [0.4, 0.5) is 51.7 Å². The maximum absolute atomic E-state index is 14.9. The molecule has 274 valence electrons. The van der Waals surface area contributed by atoms with Gasteiger partial charge in [0.15, 0.2) is 12.5 Å². The van der Waals surface area contributed by atoms with Crippen LogP contribution in [0, 0.1) is 33.4 Å². The number of halogens is 4. The van der Waals surface area contributed by atoms with E-state index in [1.807, 2.05) is 11.9 Å². The number of ether oxygens (including phenoxy) is 3. The standard InChI is InChI=1S/C37H32F4N6O6/c1-46-11-3-4-21-12-31(27(38)18-32(21)46)45-44-23-13-30(41)36(42)34(15-23)52-19-43-22-7-10-26(33(14-22)51-2)37(48)53-25-16-28(39)35(29(40)17-25)20-5-8-24(9-6-20)47(49)50/h5-10,12-18,43-45H,3-4,11,19,42H2,1-2H3. The van der Waals surface area contributed by atoms with E-state index in [0.717, 1.165) is 61.0 Å². The summed E-state index contributed by atoms with van der Waals surface area (Å²) in [5, 5.41) is 13.8. The summed E-state index contributed by atoms with van der Waals surface area (Å²) in [7, 11) is 3.21. The van der Waals surface area contributed by atoms with Gasteiger partial charge in [0, 0.05) is 67.4 Å². The minimum Gasteiger partial charge on any atom is -0.496 e. The van der Waals surface area contributed by atoms with E-state index in [1.165, 1.54) is 49.6 Å². The molecule has 0 fully saturated rings. The van der Waals surface area contributed by atoms with E-state index >= 15 is 0 Å². The average molecular weight is 733 g/mol. The molecule has 1 heterocycles. The minimum absolute atomic E-state index is 0.0134. The molecule has 53 heavy (non-hydrogen) atoms. The Morgan fingerprint density at radius 2 is 1.60 bits per heavy atom. The molecule has 0 spiro atoms. The summed E-state index contributed by atoms with van der Waals surface area (Å²) in [6, 6.07) is 16.3. The van der Waals surface area contributed by atoms with Crippen LogP contribution in [0.5, 0.6) is 17.2 Å². The third-order valence-corrected chi connectivity index (χ3v) is 8.47. The first kappa shape index (κ1) is 36.1. The van der Waals surface area contributed by atoms with Crippen LogP contribution in [0.2, 0.25) is 0 Å². The van der Waals surface area contributed by atoms with Crippen molar-refractivity contribution in [1.82, 2.24) is 0 Å². The van der Waals surface area contributed by atoms with E-state index in [-0.39, 0.29) is 52.1 Å². The summed E-state index contributed by atoms with van der Waals surface area (Å²) < 4.78 is 75.7. The second-order valence-electron chi connectivity index (χ2n) is 11.9. The Kier molecular flexibility index (Phi) is 10.4. The van der Waals surface area contributed by atoms with Crippen LogP contribution in [-0.4, -0.2) is 38.3 Å². The Morgan fingerprint density at radius 1 is 0.887 bits per heavy atom. The van der Waals surface area contributed by atoms with E-state index < -0.39 is 45.5 Å². The van der Waals surface area contributed by atoms with Gasteiger partial charge in [-0.15, -0.1) is 0 Å². The zero-order valence-electron chi connectivity index (χ0n) is 28.3. The van der Waals surface area contributed by atoms with Gasteiger partial charge < -0.3 is 35.6 Å². The number of nitrogen functional groups attached to an aromatic ring is 1. The predicted octanol–water partition coefficient (Wildman–Crippen LogP) is 7.90. The van der Waals surface area contributed by atoms with E-state index in [0.29, 0.717) is 5.69 Å². The number of aryl methyl sites for hydroxylation is 1. The van der Waals surface area contributed by atoms with E-state index in [9.17, 15) is 32.5 Å². The number of fused-ring (bicyclic) bond motifs is 1. The molecule has 12 nitrogen and oxygen atoms in total. The fraction of sp³-hybridized carbons (Fsp3) is 0.162. The number of carbonyl (C=O) groups excluding carboxylic acids is 1. The lowest BCUT2D eigenvalue weighted by molar-refractivity contribution is -0.384. The molecule has 1 aliphatic rings. The SMILES string of the molecule is COc1cc(NCOc2cc(NNc3cc4c(cc3F)N(C)CCC4)cc(F)c2N)ccc1C(=O)Oc1cc(F)c(-c2ccc([N+](=O)[O-])cc2)c(F)c1. The maximum Gasteiger partial charge on any atom is 0.347 e. The molecule has 0 bridgehead atoms. The first-order valence-corrected chi connectivity index (χ1v) is 16.1. The maximum atomic E-state index is 14.9. The van der Waals surface area contributed by atoms with Gasteiger partial charge in [0.25, 0.3) is 5.69 Å². The summed E-state index contributed by atoms with van der Waals surface area (Å²) in [5.74, 6) is -4.72. The van der Waals surface area contributed by atoms with Gasteiger partial charge in [-0.05, 0) is 60.4 Å². The van der Waals surface area contributed by atoms with Crippen molar-refractivity contribution in [3.05, 3.63) is 123 Å². The summed E-state index contributed by atoms with van der Waals surface area (Å²) in [6.45, 7) is 0.632. The van der Waals surface area contributed by atoms with Crippen molar-refractivity contribution in [2.24, 2.45) is 0 Å². The second kappa shape index (κ2) is 15.3. The molecule has 0 aliphatic carbocycles. The van der Waals surface area contributed by atoms with Crippen LogP contribution in [0.15, 0.2) is 78.9 Å². The molecule has 0 radical (unpaired) electrons. The van der Waals surface area contributed by atoms with E-state index in [4.69, 9.17) is 19.9 Å². The number of hydrogen-bond acceptors (Lipinski definition) is 11. The number of esters is 1. The number of nitrogens with zero attached hydrogens (tertiary/aromatic N) is 2. The molecular weight excluding hydrogens is 700 g/mol. The molecule has 16 heteroatoms. The molecule has 0 aromatic heterocycles. The van der Waals surface area contributed by atoms with Gasteiger partial charge in [-0.2, -0.15) is 0 Å². The first-order valence-electron chi connectivity index (χ1n) is 16.1. The molecule has 0 saturated heterocycles. The van der Waals surface area contributed by atoms with Crippen molar-refractivity contribution in [3.8, 4) is 28.4 Å². The number of nitro groups is 1. The molecule has 0 atom stereocenters. The number of anilines is 5. The molecule has 5 aromatic rings. The molecule has 5 N–H and O–H groups in total. The molecule has 0 unspecified atom stereocenters. The number of rotatable bonds is 12. The number of hydrogen-bond donors (Lipinski definition) is 4. The average Bonchev–Trinajstić information content (AvgIpc) is 3.12. The Labute approximate surface area is 300 Å². The monoisotopic (exact) mass is 732 g/mol. The number of non-ortho nitro benzene ring substituents is 1. The fourth-order valence-corrected chi connectivity index (χ4v) is 5.77. The highest BCUT2D eigenvalue weighted by atomic mass is 19.1. The lowest BCUT2D eigenvalue weighted by atomic mass is 10.0. The third-order valence-electron chi connectivity index (χ3n) is 8.47. The van der Waals surface area contributed by atoms with Gasteiger partial charge in [0.2, 0.25) is 0 Å². The highest BCUT2D eigenvalue weighted by Gasteiger charge is 2.21. The van der Waals surface area contributed by atoms with Gasteiger partial charge >= 0.3 is 5.97 Å². The fourth-order valence-electron chi connectivity index (χ4n) is 5.77. The molecule has 0 saturated carbocycles. The highest BCUT2D eigenvalue weighted by Crippen LogP contribution is 2.34. The van der Waals surface area contributed by atoms with Gasteiger partial charge in [0.05, 0.1) is 29.0 Å². The van der Waals surface area contributed by atoms with Crippen molar-refractivity contribution in [2.45, 2.75) is 12.8 Å². The van der Waals surface area contributed by atoms with Gasteiger partial charge in [-0.25, -0.2) is 22.4 Å². The van der Waals surface area contributed by atoms with Crippen molar-refractivity contribution >= 4 is 40.1 Å². The predicted molar refractivity (Wildman–Crippen MR) is 192 cm³/mol. The van der Waals surface area contributed by atoms with Crippen LogP contribution in [0.3, 0.4) is 0 Å². The van der Waals surface area contributed by atoms with Crippen LogP contribution >= 0.6 is 0 Å². The molecule has 1 aliphatic heterocycles. The minimum atomic E-state index is -1.05. The second-order valence-corrected chi connectivity index (χ2v) is 11.9. The number of nitrogens with one attached hydrogen (secondary N) is 3. The Bertz CT molecular complexity index is 2180. The lowest BCUT2D eigenvalue weighted by Gasteiger charge is -2.28. The summed E-state index contributed by atoms with van der Waals surface area (Å²) >= 11 is 0. The van der Waals surface area contributed by atoms with Crippen molar-refractivity contribution in [3.63, 3.8) is 0 Å². The zero-order chi connectivity index (χ0) is 37.8. The summed E-state index contributed by atoms with van der Waals surface area (Å²) in [6.07, 6.45) is 1.75. The summed E-state index contributed by atoms with van der Waals surface area (Å²) in [4.78, 5) is 25.2. The largest absolute Gasteiger partial charge is 0.496 e. The quantitative estimate of drug-likeness (QED) is 0.0188. The lowest BCUT2D eigenvalue weighted by Crippen LogP contribution is -2.25. The van der Waals surface area contributed by atoms with Crippen LogP contribution in [0.1, 0.15) is 22.3 Å². The van der Waals surface area contributed by atoms with Gasteiger partial charge in [-0.1, -0.05) is 0 Å². The number of methoxy groups -OCH3 is 1. The third kappa shape index (κ3) is 7.96. The topological polar surface area (TPSA) is 153 Å². The molecule has 5 aromatic carbocycles. The van der Waals surface area contributed by atoms with Crippen LogP contribution in [0.25, 0.3) is 11.1 Å². The molecule has 0 amide bonds. The van der Waals surface area contributed by atoms with E-state index in [2.05, 4.69) is 16.2 Å².